The Morgan fingerprint density at radius 2 is 2.19 bits per heavy atom. The summed E-state index contributed by atoms with van der Waals surface area (Å²) in [6, 6.07) is 3.59. The molecular formula is C22H23N3O5S2. The van der Waals surface area contributed by atoms with Gasteiger partial charge in [-0.1, -0.05) is 17.8 Å². The van der Waals surface area contributed by atoms with Crippen molar-refractivity contribution in [1.29, 1.82) is 0 Å². The molecule has 168 valence electrons. The lowest BCUT2D eigenvalue weighted by Gasteiger charge is -2.30. The fourth-order valence-corrected chi connectivity index (χ4v) is 5.65. The molecule has 4 rings (SSSR count). The molecule has 32 heavy (non-hydrogen) atoms. The van der Waals surface area contributed by atoms with Gasteiger partial charge in [-0.3, -0.25) is 19.0 Å². The van der Waals surface area contributed by atoms with E-state index in [9.17, 15) is 14.4 Å². The van der Waals surface area contributed by atoms with E-state index in [1.807, 2.05) is 11.4 Å². The van der Waals surface area contributed by atoms with E-state index in [0.717, 1.165) is 0 Å². The lowest BCUT2D eigenvalue weighted by Crippen LogP contribution is -2.41. The number of allylic oxidation sites excluding steroid dienone is 1. The number of methoxy groups -OCH3 is 1. The minimum Gasteiger partial charge on any atom is -0.469 e. The molecule has 0 bridgehead atoms. The Balaban J connectivity index is 1.52. The molecule has 0 atom stereocenters. The highest BCUT2D eigenvalue weighted by molar-refractivity contribution is 7.99. The van der Waals surface area contributed by atoms with Gasteiger partial charge in [-0.15, -0.1) is 17.9 Å². The van der Waals surface area contributed by atoms with Crippen LogP contribution in [0, 0.1) is 5.92 Å². The van der Waals surface area contributed by atoms with Gasteiger partial charge < -0.3 is 14.1 Å². The molecule has 1 aliphatic rings. The summed E-state index contributed by atoms with van der Waals surface area (Å²) in [7, 11) is 1.38. The standard InChI is InChI=1S/C22H23N3O5S2/c1-3-8-25-20(27)18-15(16-5-4-11-30-16)12-31-19(18)23-22(25)32-13-17(26)24-9-6-14(7-10-24)21(28)29-2/h3-5,11-12,14H,1,6-10,13H2,2H3. The van der Waals surface area contributed by atoms with E-state index < -0.39 is 0 Å². The number of hydrogen-bond acceptors (Lipinski definition) is 8. The summed E-state index contributed by atoms with van der Waals surface area (Å²) < 4.78 is 11.8. The Kier molecular flexibility index (Phi) is 6.80. The topological polar surface area (TPSA) is 94.6 Å². The summed E-state index contributed by atoms with van der Waals surface area (Å²) in [5.41, 5.74) is 0.530. The minimum absolute atomic E-state index is 0.0414. The third kappa shape index (κ3) is 4.37. The van der Waals surface area contributed by atoms with Crippen molar-refractivity contribution < 1.29 is 18.7 Å². The SMILES string of the molecule is C=CCn1c(SCC(=O)N2CCC(C(=O)OC)CC2)nc2scc(-c3ccco3)c2c1=O. The number of thioether (sulfide) groups is 1. The molecule has 1 aliphatic heterocycles. The number of aromatic nitrogens is 2. The number of furan rings is 1. The van der Waals surface area contributed by atoms with Crippen LogP contribution in [0.25, 0.3) is 21.5 Å². The molecule has 0 spiro atoms. The quantitative estimate of drug-likeness (QED) is 0.225. The third-order valence-electron chi connectivity index (χ3n) is 5.46. The molecule has 0 saturated carbocycles. The molecule has 0 aromatic carbocycles. The Morgan fingerprint density at radius 3 is 2.84 bits per heavy atom. The van der Waals surface area contributed by atoms with Gasteiger partial charge in [0.2, 0.25) is 5.91 Å². The molecule has 0 N–H and O–H groups in total. The first-order chi connectivity index (χ1) is 15.5. The van der Waals surface area contributed by atoms with Crippen LogP contribution in [0.4, 0.5) is 0 Å². The zero-order valence-electron chi connectivity index (χ0n) is 17.6. The molecule has 0 radical (unpaired) electrons. The van der Waals surface area contributed by atoms with Gasteiger partial charge in [-0.05, 0) is 25.0 Å². The van der Waals surface area contributed by atoms with Crippen LogP contribution in [0.5, 0.6) is 0 Å². The Hall–Kier alpha value is -2.85. The van der Waals surface area contributed by atoms with Crippen LogP contribution >= 0.6 is 23.1 Å². The van der Waals surface area contributed by atoms with Crippen LogP contribution in [0.3, 0.4) is 0 Å². The maximum absolute atomic E-state index is 13.3. The first kappa shape index (κ1) is 22.3. The predicted octanol–water partition coefficient (Wildman–Crippen LogP) is 3.41. The number of likely N-dealkylation sites (tertiary alicyclic amines) is 1. The second-order valence-electron chi connectivity index (χ2n) is 7.37. The van der Waals surface area contributed by atoms with Gasteiger partial charge in [0, 0.05) is 30.6 Å². The van der Waals surface area contributed by atoms with E-state index in [2.05, 4.69) is 11.6 Å². The fourth-order valence-electron chi connectivity index (χ4n) is 3.77. The smallest absolute Gasteiger partial charge is 0.308 e. The molecule has 0 unspecified atom stereocenters. The maximum atomic E-state index is 13.3. The van der Waals surface area contributed by atoms with E-state index >= 15 is 0 Å². The number of ether oxygens (including phenoxy) is 1. The van der Waals surface area contributed by atoms with Gasteiger partial charge in [0.1, 0.15) is 10.6 Å². The third-order valence-corrected chi connectivity index (χ3v) is 7.30. The number of piperidine rings is 1. The van der Waals surface area contributed by atoms with Crippen molar-refractivity contribution in [2.24, 2.45) is 5.92 Å². The van der Waals surface area contributed by atoms with E-state index in [-0.39, 0.29) is 35.7 Å². The van der Waals surface area contributed by atoms with Crippen LogP contribution in [-0.2, 0) is 20.9 Å². The number of hydrogen-bond donors (Lipinski definition) is 0. The normalized spacial score (nSPS) is 14.6. The van der Waals surface area contributed by atoms with Gasteiger partial charge >= 0.3 is 5.97 Å². The first-order valence-corrected chi connectivity index (χ1v) is 12.0. The van der Waals surface area contributed by atoms with E-state index in [4.69, 9.17) is 9.15 Å². The number of carbonyl (C=O) groups excluding carboxylic acids is 2. The van der Waals surface area contributed by atoms with Gasteiger partial charge in [-0.2, -0.15) is 0 Å². The number of esters is 1. The number of carbonyl (C=O) groups is 2. The van der Waals surface area contributed by atoms with Crippen LogP contribution in [-0.4, -0.2) is 52.3 Å². The minimum atomic E-state index is -0.220. The lowest BCUT2D eigenvalue weighted by atomic mass is 9.97. The maximum Gasteiger partial charge on any atom is 0.308 e. The number of nitrogens with zero attached hydrogens (tertiary/aromatic N) is 3. The molecular weight excluding hydrogens is 450 g/mol. The van der Waals surface area contributed by atoms with Gasteiger partial charge in [-0.25, -0.2) is 4.98 Å². The van der Waals surface area contributed by atoms with Crippen molar-refractivity contribution in [3.8, 4) is 11.3 Å². The molecule has 3 aromatic heterocycles. The molecule has 4 heterocycles. The highest BCUT2D eigenvalue weighted by atomic mass is 32.2. The molecule has 1 fully saturated rings. The van der Waals surface area contributed by atoms with Crippen molar-refractivity contribution in [3.05, 3.63) is 46.8 Å². The van der Waals surface area contributed by atoms with Crippen LogP contribution in [0.2, 0.25) is 0 Å². The van der Waals surface area contributed by atoms with E-state index in [0.29, 0.717) is 52.6 Å². The molecule has 1 amide bonds. The second kappa shape index (κ2) is 9.74. The number of fused-ring (bicyclic) bond motifs is 1. The molecule has 8 nitrogen and oxygen atoms in total. The summed E-state index contributed by atoms with van der Waals surface area (Å²) >= 11 is 2.61. The fraction of sp³-hybridized carbons (Fsp3) is 0.364. The van der Waals surface area contributed by atoms with Crippen molar-refractivity contribution >= 4 is 45.2 Å². The zero-order chi connectivity index (χ0) is 22.7. The predicted molar refractivity (Wildman–Crippen MR) is 124 cm³/mol. The van der Waals surface area contributed by atoms with Gasteiger partial charge in [0.15, 0.2) is 5.16 Å². The molecule has 10 heteroatoms. The van der Waals surface area contributed by atoms with Gasteiger partial charge in [0.25, 0.3) is 5.56 Å². The average Bonchev–Trinajstić information content (AvgIpc) is 3.49. The van der Waals surface area contributed by atoms with Crippen molar-refractivity contribution in [3.63, 3.8) is 0 Å². The lowest BCUT2D eigenvalue weighted by molar-refractivity contribution is -0.148. The monoisotopic (exact) mass is 473 g/mol. The summed E-state index contributed by atoms with van der Waals surface area (Å²) in [6.45, 7) is 5.07. The largest absolute Gasteiger partial charge is 0.469 e. The summed E-state index contributed by atoms with van der Waals surface area (Å²) in [4.78, 5) is 44.7. The van der Waals surface area contributed by atoms with Crippen molar-refractivity contribution in [2.45, 2.75) is 24.5 Å². The zero-order valence-corrected chi connectivity index (χ0v) is 19.2. The second-order valence-corrected chi connectivity index (χ2v) is 9.17. The van der Waals surface area contributed by atoms with Gasteiger partial charge in [0.05, 0.1) is 30.4 Å². The molecule has 0 aliphatic carbocycles. The van der Waals surface area contributed by atoms with E-state index in [1.165, 1.54) is 34.8 Å². The first-order valence-electron chi connectivity index (χ1n) is 10.2. The number of amides is 1. The Labute approximate surface area is 192 Å². The van der Waals surface area contributed by atoms with Crippen molar-refractivity contribution in [2.75, 3.05) is 26.0 Å². The average molecular weight is 474 g/mol. The Morgan fingerprint density at radius 1 is 1.41 bits per heavy atom. The van der Waals surface area contributed by atoms with E-state index in [1.54, 1.807) is 23.3 Å². The number of rotatable bonds is 7. The molecule has 1 saturated heterocycles. The summed E-state index contributed by atoms with van der Waals surface area (Å²) in [6.07, 6.45) is 4.40. The van der Waals surface area contributed by atoms with Crippen LogP contribution in [0.1, 0.15) is 12.8 Å². The summed E-state index contributed by atoms with van der Waals surface area (Å²) in [5.74, 6) is 0.364. The van der Waals surface area contributed by atoms with Crippen LogP contribution < -0.4 is 5.56 Å². The van der Waals surface area contributed by atoms with Crippen molar-refractivity contribution in [1.82, 2.24) is 14.5 Å². The molecule has 3 aromatic rings. The Bertz CT molecular complexity index is 1190. The number of thiophene rings is 1. The summed E-state index contributed by atoms with van der Waals surface area (Å²) in [5, 5.41) is 2.85. The highest BCUT2D eigenvalue weighted by Gasteiger charge is 2.28. The van der Waals surface area contributed by atoms with Crippen LogP contribution in [0.15, 0.2) is 50.8 Å². The highest BCUT2D eigenvalue weighted by Crippen LogP contribution is 2.32.